The van der Waals surface area contributed by atoms with E-state index < -0.39 is 5.54 Å². The van der Waals surface area contributed by atoms with E-state index in [9.17, 15) is 4.79 Å². The summed E-state index contributed by atoms with van der Waals surface area (Å²) in [5, 5.41) is 0. The number of benzene rings is 2. The largest absolute Gasteiger partial charge is 0.454 e. The van der Waals surface area contributed by atoms with Gasteiger partial charge in [0.05, 0.1) is 26.3 Å². The standard InChI is InChI=1S/C31H43N2O3/c1-31(28-13-7-3-8-14-28,32-18-9-4-10-19-32)30(34)36-29-25-33(20-15-27(29)16-21-33)22-24-35-23-17-26-11-5-2-6-12-26/h2-3,5-8,11-14,27,29H,4,9-10,15-25H2,1H3/q+1/t27?,29-,31-,33?/m0/s1. The molecule has 0 radical (unpaired) electrons. The fourth-order valence-corrected chi connectivity index (χ4v) is 6.65. The molecule has 0 N–H and O–H groups in total. The highest BCUT2D eigenvalue weighted by Crippen LogP contribution is 2.38. The number of carbonyl (C=O) groups excluding carboxylic acids is 1. The molecule has 0 amide bonds. The van der Waals surface area contributed by atoms with Gasteiger partial charge in [0.1, 0.15) is 18.6 Å². The summed E-state index contributed by atoms with van der Waals surface area (Å²) in [6.07, 6.45) is 6.79. The van der Waals surface area contributed by atoms with E-state index in [0.717, 1.165) is 81.5 Å². The van der Waals surface area contributed by atoms with Crippen LogP contribution in [0.3, 0.4) is 0 Å². The third-order valence-electron chi connectivity index (χ3n) is 9.11. The van der Waals surface area contributed by atoms with Crippen molar-refractivity contribution < 1.29 is 18.8 Å². The molecule has 5 heteroatoms. The summed E-state index contributed by atoms with van der Waals surface area (Å²) in [5.74, 6) is 0.431. The molecule has 0 spiro atoms. The molecule has 36 heavy (non-hydrogen) atoms. The number of fused-ring (bicyclic) bond motifs is 3. The third-order valence-corrected chi connectivity index (χ3v) is 9.11. The summed E-state index contributed by atoms with van der Waals surface area (Å²) in [7, 11) is 0. The van der Waals surface area contributed by atoms with Gasteiger partial charge in [0.25, 0.3) is 0 Å². The molecule has 4 saturated heterocycles. The van der Waals surface area contributed by atoms with Crippen molar-refractivity contribution in [1.82, 2.24) is 4.90 Å². The molecule has 0 aromatic heterocycles. The predicted octanol–water partition coefficient (Wildman–Crippen LogP) is 4.80. The molecule has 194 valence electrons. The van der Waals surface area contributed by atoms with Gasteiger partial charge in [-0.05, 0) is 50.4 Å². The zero-order chi connectivity index (χ0) is 24.8. The molecule has 4 heterocycles. The van der Waals surface area contributed by atoms with Crippen LogP contribution in [0.5, 0.6) is 0 Å². The molecule has 2 aromatic carbocycles. The highest BCUT2D eigenvalue weighted by Gasteiger charge is 2.50. The zero-order valence-electron chi connectivity index (χ0n) is 21.9. The summed E-state index contributed by atoms with van der Waals surface area (Å²) in [5.41, 5.74) is 1.65. The molecule has 0 unspecified atom stereocenters. The molecule has 4 fully saturated rings. The van der Waals surface area contributed by atoms with E-state index in [4.69, 9.17) is 9.47 Å². The maximum Gasteiger partial charge on any atom is 0.331 e. The molecule has 2 aromatic rings. The monoisotopic (exact) mass is 491 g/mol. The van der Waals surface area contributed by atoms with Crippen LogP contribution < -0.4 is 0 Å². The molecule has 6 rings (SSSR count). The van der Waals surface area contributed by atoms with Gasteiger partial charge in [-0.25, -0.2) is 4.79 Å². The number of hydrogen-bond donors (Lipinski definition) is 0. The second-order valence-electron chi connectivity index (χ2n) is 11.3. The van der Waals surface area contributed by atoms with Crippen molar-refractivity contribution in [3.63, 3.8) is 0 Å². The fraction of sp³-hybridized carbons (Fsp3) is 0.581. The number of hydrogen-bond acceptors (Lipinski definition) is 4. The van der Waals surface area contributed by atoms with Gasteiger partial charge in [0.15, 0.2) is 6.10 Å². The van der Waals surface area contributed by atoms with Crippen LogP contribution in [0.1, 0.15) is 50.2 Å². The van der Waals surface area contributed by atoms with E-state index in [2.05, 4.69) is 54.3 Å². The second-order valence-corrected chi connectivity index (χ2v) is 11.3. The van der Waals surface area contributed by atoms with Crippen molar-refractivity contribution >= 4 is 5.97 Å². The smallest absolute Gasteiger partial charge is 0.331 e. The Morgan fingerprint density at radius 2 is 1.61 bits per heavy atom. The number of piperidine rings is 4. The van der Waals surface area contributed by atoms with Crippen molar-refractivity contribution in [3.05, 3.63) is 71.8 Å². The summed E-state index contributed by atoms with van der Waals surface area (Å²) < 4.78 is 13.6. The van der Waals surface area contributed by atoms with Crippen LogP contribution in [-0.2, 0) is 26.2 Å². The summed E-state index contributed by atoms with van der Waals surface area (Å²) in [6.45, 7) is 9.84. The Labute approximate surface area is 217 Å². The first-order valence-corrected chi connectivity index (χ1v) is 14.1. The van der Waals surface area contributed by atoms with Crippen molar-refractivity contribution in [2.75, 3.05) is 52.5 Å². The lowest BCUT2D eigenvalue weighted by Gasteiger charge is -2.52. The molecule has 4 aliphatic rings. The van der Waals surface area contributed by atoms with Crippen LogP contribution in [0.2, 0.25) is 0 Å². The first kappa shape index (κ1) is 25.4. The van der Waals surface area contributed by atoms with Gasteiger partial charge in [-0.3, -0.25) is 4.90 Å². The Hall–Kier alpha value is -2.21. The number of esters is 1. The van der Waals surface area contributed by atoms with Crippen molar-refractivity contribution in [2.24, 2.45) is 5.92 Å². The molecule has 2 bridgehead atoms. The van der Waals surface area contributed by atoms with E-state index in [1.54, 1.807) is 0 Å². The number of carbonyl (C=O) groups is 1. The third kappa shape index (κ3) is 5.53. The second kappa shape index (κ2) is 11.5. The first-order valence-electron chi connectivity index (χ1n) is 14.1. The minimum Gasteiger partial charge on any atom is -0.454 e. The molecule has 2 atom stereocenters. The van der Waals surface area contributed by atoms with E-state index in [-0.39, 0.29) is 12.1 Å². The Morgan fingerprint density at radius 1 is 0.944 bits per heavy atom. The van der Waals surface area contributed by atoms with Crippen molar-refractivity contribution in [2.45, 2.75) is 57.1 Å². The summed E-state index contributed by atoms with van der Waals surface area (Å²) >= 11 is 0. The van der Waals surface area contributed by atoms with Gasteiger partial charge in [-0.15, -0.1) is 0 Å². The Balaban J connectivity index is 1.20. The van der Waals surface area contributed by atoms with Crippen LogP contribution in [0.15, 0.2) is 60.7 Å². The lowest BCUT2D eigenvalue weighted by molar-refractivity contribution is -0.946. The van der Waals surface area contributed by atoms with E-state index in [1.165, 1.54) is 25.1 Å². The van der Waals surface area contributed by atoms with E-state index in [1.807, 2.05) is 18.2 Å². The topological polar surface area (TPSA) is 38.8 Å². The minimum absolute atomic E-state index is 0.0112. The van der Waals surface area contributed by atoms with Crippen LogP contribution in [0.25, 0.3) is 0 Å². The van der Waals surface area contributed by atoms with E-state index in [0.29, 0.717) is 5.92 Å². The normalized spacial score (nSPS) is 27.9. The van der Waals surface area contributed by atoms with Gasteiger partial charge in [0.2, 0.25) is 0 Å². The average molecular weight is 492 g/mol. The number of nitrogens with zero attached hydrogens (tertiary/aromatic N) is 2. The molecule has 4 aliphatic heterocycles. The van der Waals surface area contributed by atoms with Crippen LogP contribution in [0.4, 0.5) is 0 Å². The average Bonchev–Trinajstić information content (AvgIpc) is 2.94. The Morgan fingerprint density at radius 3 is 2.31 bits per heavy atom. The quantitative estimate of drug-likeness (QED) is 0.272. The molecular weight excluding hydrogens is 448 g/mol. The molecule has 0 saturated carbocycles. The number of ether oxygens (including phenoxy) is 2. The first-order chi connectivity index (χ1) is 17.6. The van der Waals surface area contributed by atoms with Crippen molar-refractivity contribution in [1.29, 1.82) is 0 Å². The van der Waals surface area contributed by atoms with Crippen LogP contribution in [-0.4, -0.2) is 73.9 Å². The van der Waals surface area contributed by atoms with Gasteiger partial charge >= 0.3 is 5.97 Å². The SMILES string of the molecule is C[C@@](C(=O)O[C@H]1C[N+]2(CCOCCc3ccccc3)CCC1CC2)(c1ccccc1)N1CCCCC1. The van der Waals surface area contributed by atoms with Crippen LogP contribution in [0, 0.1) is 5.92 Å². The van der Waals surface area contributed by atoms with Gasteiger partial charge in [0, 0.05) is 18.8 Å². The fourth-order valence-electron chi connectivity index (χ4n) is 6.65. The molecule has 0 aliphatic carbocycles. The Bertz CT molecular complexity index is 968. The number of rotatable bonds is 10. The molecular formula is C31H43N2O3+. The molecule has 5 nitrogen and oxygen atoms in total. The minimum atomic E-state index is -0.723. The summed E-state index contributed by atoms with van der Waals surface area (Å²) in [4.78, 5) is 16.3. The predicted molar refractivity (Wildman–Crippen MR) is 143 cm³/mol. The highest BCUT2D eigenvalue weighted by molar-refractivity contribution is 5.82. The highest BCUT2D eigenvalue weighted by atomic mass is 16.5. The van der Waals surface area contributed by atoms with Crippen molar-refractivity contribution in [3.8, 4) is 0 Å². The van der Waals surface area contributed by atoms with Gasteiger partial charge in [-0.1, -0.05) is 67.1 Å². The Kier molecular flexibility index (Phi) is 8.09. The van der Waals surface area contributed by atoms with Gasteiger partial charge < -0.3 is 14.0 Å². The maximum absolute atomic E-state index is 14.0. The van der Waals surface area contributed by atoms with Crippen LogP contribution >= 0.6 is 0 Å². The zero-order valence-corrected chi connectivity index (χ0v) is 21.9. The maximum atomic E-state index is 14.0. The summed E-state index contributed by atoms with van der Waals surface area (Å²) in [6, 6.07) is 20.8. The lowest BCUT2D eigenvalue weighted by atomic mass is 9.82. The van der Waals surface area contributed by atoms with E-state index >= 15 is 0 Å². The number of likely N-dealkylation sites (tertiary alicyclic amines) is 1. The van der Waals surface area contributed by atoms with Gasteiger partial charge in [-0.2, -0.15) is 0 Å². The number of quaternary nitrogens is 1. The lowest BCUT2D eigenvalue weighted by Crippen LogP contribution is -2.66.